The molecule has 0 saturated heterocycles. The Morgan fingerprint density at radius 3 is 2.75 bits per heavy atom. The van der Waals surface area contributed by atoms with Crippen molar-refractivity contribution < 1.29 is 4.79 Å². The van der Waals surface area contributed by atoms with Gasteiger partial charge in [0, 0.05) is 19.0 Å². The molecule has 110 valence electrons. The van der Waals surface area contributed by atoms with Crippen LogP contribution in [0.1, 0.15) is 63.3 Å². The molecular formula is C17H26N2O. The Hall–Kier alpha value is -1.35. The molecule has 20 heavy (non-hydrogen) atoms. The molecule has 1 aliphatic rings. The molecule has 0 aliphatic heterocycles. The second-order valence-electron chi connectivity index (χ2n) is 6.78. The molecule has 2 N–H and O–H groups in total. The van der Waals surface area contributed by atoms with Crippen molar-refractivity contribution in [2.45, 2.75) is 65.1 Å². The molecule has 0 saturated carbocycles. The topological polar surface area (TPSA) is 41.1 Å². The molecule has 0 unspecified atom stereocenters. The fraction of sp³-hybridized carbons (Fsp3) is 0.588. The quantitative estimate of drug-likeness (QED) is 0.889. The first-order chi connectivity index (χ1) is 9.35. The fourth-order valence-electron chi connectivity index (χ4n) is 2.74. The van der Waals surface area contributed by atoms with Gasteiger partial charge in [-0.05, 0) is 56.7 Å². The normalized spacial score (nSPS) is 18.5. The maximum absolute atomic E-state index is 11.3. The molecule has 1 atom stereocenters. The van der Waals surface area contributed by atoms with E-state index in [4.69, 9.17) is 0 Å². The molecular weight excluding hydrogens is 248 g/mol. The highest BCUT2D eigenvalue weighted by atomic mass is 16.1. The summed E-state index contributed by atoms with van der Waals surface area (Å²) in [5.74, 6) is 0.0568. The first-order valence-electron chi connectivity index (χ1n) is 7.49. The van der Waals surface area contributed by atoms with Crippen molar-refractivity contribution >= 4 is 5.91 Å². The number of benzene rings is 1. The van der Waals surface area contributed by atoms with Gasteiger partial charge in [-0.3, -0.25) is 4.79 Å². The molecule has 1 aliphatic carbocycles. The van der Waals surface area contributed by atoms with E-state index in [0.29, 0.717) is 0 Å². The fourth-order valence-corrected chi connectivity index (χ4v) is 2.74. The lowest BCUT2D eigenvalue weighted by Crippen LogP contribution is -2.35. The van der Waals surface area contributed by atoms with Crippen LogP contribution in [-0.2, 0) is 17.8 Å². The molecule has 0 aromatic heterocycles. The molecule has 0 heterocycles. The molecule has 1 aromatic carbocycles. The minimum absolute atomic E-state index is 0.0568. The number of hydrogen-bond acceptors (Lipinski definition) is 2. The SMILES string of the molecule is CC(=O)N[C@@H]1CCCc2cc(CNC(C)(C)C)ccc21. The molecule has 0 bridgehead atoms. The van der Waals surface area contributed by atoms with Crippen LogP contribution in [0, 0.1) is 0 Å². The van der Waals surface area contributed by atoms with Crippen molar-refractivity contribution in [1.82, 2.24) is 10.6 Å². The molecule has 0 spiro atoms. The summed E-state index contributed by atoms with van der Waals surface area (Å²) in [5.41, 5.74) is 4.14. The van der Waals surface area contributed by atoms with Crippen molar-refractivity contribution in [2.75, 3.05) is 0 Å². The van der Waals surface area contributed by atoms with Crippen molar-refractivity contribution in [1.29, 1.82) is 0 Å². The van der Waals surface area contributed by atoms with E-state index < -0.39 is 0 Å². The molecule has 0 radical (unpaired) electrons. The monoisotopic (exact) mass is 274 g/mol. The van der Waals surface area contributed by atoms with Crippen LogP contribution in [0.25, 0.3) is 0 Å². The number of nitrogens with one attached hydrogen (secondary N) is 2. The molecule has 0 fully saturated rings. The summed E-state index contributed by atoms with van der Waals surface area (Å²) in [6.07, 6.45) is 3.31. The number of aryl methyl sites for hydroxylation is 1. The molecule has 3 nitrogen and oxygen atoms in total. The lowest BCUT2D eigenvalue weighted by atomic mass is 9.86. The molecule has 1 amide bonds. The smallest absolute Gasteiger partial charge is 0.217 e. The molecule has 3 heteroatoms. The largest absolute Gasteiger partial charge is 0.350 e. The van der Waals surface area contributed by atoms with Gasteiger partial charge in [0.2, 0.25) is 5.91 Å². The van der Waals surface area contributed by atoms with Gasteiger partial charge >= 0.3 is 0 Å². The summed E-state index contributed by atoms with van der Waals surface area (Å²) < 4.78 is 0. The van der Waals surface area contributed by atoms with Crippen molar-refractivity contribution in [3.63, 3.8) is 0 Å². The van der Waals surface area contributed by atoms with Gasteiger partial charge in [-0.2, -0.15) is 0 Å². The third-order valence-electron chi connectivity index (χ3n) is 3.72. The van der Waals surface area contributed by atoms with Gasteiger partial charge in [0.15, 0.2) is 0 Å². The maximum atomic E-state index is 11.3. The number of fused-ring (bicyclic) bond motifs is 1. The standard InChI is InChI=1S/C17H26N2O/c1-12(20)19-16-7-5-6-14-10-13(8-9-15(14)16)11-18-17(2,3)4/h8-10,16,18H,5-7,11H2,1-4H3,(H,19,20)/t16-/m1/s1. The zero-order valence-electron chi connectivity index (χ0n) is 13.0. The van der Waals surface area contributed by atoms with E-state index in [1.807, 2.05) is 0 Å². The van der Waals surface area contributed by atoms with Crippen LogP contribution in [0.4, 0.5) is 0 Å². The van der Waals surface area contributed by atoms with Gasteiger partial charge in [-0.1, -0.05) is 18.2 Å². The third kappa shape index (κ3) is 4.07. The first kappa shape index (κ1) is 15.0. The van der Waals surface area contributed by atoms with Crippen LogP contribution in [0.15, 0.2) is 18.2 Å². The van der Waals surface area contributed by atoms with Gasteiger partial charge in [-0.25, -0.2) is 0 Å². The number of carbonyl (C=O) groups is 1. The van der Waals surface area contributed by atoms with Crippen molar-refractivity contribution in [2.24, 2.45) is 0 Å². The Balaban J connectivity index is 2.12. The number of rotatable bonds is 3. The Bertz CT molecular complexity index is 488. The van der Waals surface area contributed by atoms with Crippen molar-refractivity contribution in [3.8, 4) is 0 Å². The Kier molecular flexibility index (Phi) is 4.48. The van der Waals surface area contributed by atoms with E-state index in [-0.39, 0.29) is 17.5 Å². The Morgan fingerprint density at radius 1 is 1.35 bits per heavy atom. The average molecular weight is 274 g/mol. The number of hydrogen-bond donors (Lipinski definition) is 2. The first-order valence-corrected chi connectivity index (χ1v) is 7.49. The van der Waals surface area contributed by atoms with E-state index in [2.05, 4.69) is 49.6 Å². The second-order valence-corrected chi connectivity index (χ2v) is 6.78. The highest BCUT2D eigenvalue weighted by Crippen LogP contribution is 2.30. The lowest BCUT2D eigenvalue weighted by molar-refractivity contribution is -0.119. The van der Waals surface area contributed by atoms with Gasteiger partial charge in [0.1, 0.15) is 0 Å². The Morgan fingerprint density at radius 2 is 2.10 bits per heavy atom. The predicted octanol–water partition coefficient (Wildman–Crippen LogP) is 3.09. The van der Waals surface area contributed by atoms with Crippen LogP contribution in [0.3, 0.4) is 0 Å². The minimum Gasteiger partial charge on any atom is -0.350 e. The van der Waals surface area contributed by atoms with Gasteiger partial charge in [0.05, 0.1) is 6.04 Å². The average Bonchev–Trinajstić information content (AvgIpc) is 2.35. The summed E-state index contributed by atoms with van der Waals surface area (Å²) >= 11 is 0. The zero-order valence-corrected chi connectivity index (χ0v) is 13.0. The van der Waals surface area contributed by atoms with E-state index >= 15 is 0 Å². The van der Waals surface area contributed by atoms with Crippen LogP contribution in [0.2, 0.25) is 0 Å². The summed E-state index contributed by atoms with van der Waals surface area (Å²) in [5, 5.41) is 6.58. The predicted molar refractivity (Wildman–Crippen MR) is 82.5 cm³/mol. The zero-order chi connectivity index (χ0) is 14.8. The van der Waals surface area contributed by atoms with E-state index in [9.17, 15) is 4.79 Å². The van der Waals surface area contributed by atoms with Crippen LogP contribution >= 0.6 is 0 Å². The minimum atomic E-state index is 0.0568. The van der Waals surface area contributed by atoms with E-state index in [1.165, 1.54) is 16.7 Å². The maximum Gasteiger partial charge on any atom is 0.217 e. The highest BCUT2D eigenvalue weighted by Gasteiger charge is 2.21. The summed E-state index contributed by atoms with van der Waals surface area (Å²) in [6, 6.07) is 6.86. The molecule has 1 aromatic rings. The van der Waals surface area contributed by atoms with Gasteiger partial charge < -0.3 is 10.6 Å². The van der Waals surface area contributed by atoms with Gasteiger partial charge in [-0.15, -0.1) is 0 Å². The summed E-state index contributed by atoms with van der Waals surface area (Å²) in [7, 11) is 0. The number of amides is 1. The summed E-state index contributed by atoms with van der Waals surface area (Å²) in [4.78, 5) is 11.3. The van der Waals surface area contributed by atoms with E-state index in [0.717, 1.165) is 25.8 Å². The lowest BCUT2D eigenvalue weighted by Gasteiger charge is -2.27. The summed E-state index contributed by atoms with van der Waals surface area (Å²) in [6.45, 7) is 9.02. The Labute approximate surface area is 122 Å². The highest BCUT2D eigenvalue weighted by molar-refractivity contribution is 5.73. The van der Waals surface area contributed by atoms with Crippen molar-refractivity contribution in [3.05, 3.63) is 34.9 Å². The van der Waals surface area contributed by atoms with Crippen LogP contribution in [0.5, 0.6) is 0 Å². The van der Waals surface area contributed by atoms with Gasteiger partial charge in [0.25, 0.3) is 0 Å². The molecule has 2 rings (SSSR count). The van der Waals surface area contributed by atoms with E-state index in [1.54, 1.807) is 6.92 Å². The second kappa shape index (κ2) is 5.96. The number of carbonyl (C=O) groups excluding carboxylic acids is 1. The van der Waals surface area contributed by atoms with Crippen LogP contribution < -0.4 is 10.6 Å². The van der Waals surface area contributed by atoms with Crippen LogP contribution in [-0.4, -0.2) is 11.4 Å². The third-order valence-corrected chi connectivity index (χ3v) is 3.72.